The number of aromatic nitrogens is 3. The van der Waals surface area contributed by atoms with Crippen LogP contribution in [0.1, 0.15) is 35.8 Å². The SMILES string of the molecule is CCn1ncc(C(=O)NC2(c3cccc(F)c3)CCOCC2)n1. The van der Waals surface area contributed by atoms with Crippen LogP contribution in [-0.2, 0) is 16.8 Å². The van der Waals surface area contributed by atoms with Gasteiger partial charge in [0.05, 0.1) is 18.3 Å². The second kappa shape index (κ2) is 6.45. The number of benzene rings is 1. The normalized spacial score (nSPS) is 17.0. The van der Waals surface area contributed by atoms with Gasteiger partial charge in [0.1, 0.15) is 5.82 Å². The lowest BCUT2D eigenvalue weighted by Crippen LogP contribution is -2.49. The number of halogens is 1. The predicted octanol–water partition coefficient (Wildman–Crippen LogP) is 1.87. The molecule has 2 heterocycles. The zero-order chi connectivity index (χ0) is 16.3. The van der Waals surface area contributed by atoms with Crippen LogP contribution in [0.2, 0.25) is 0 Å². The fourth-order valence-corrected chi connectivity index (χ4v) is 2.83. The van der Waals surface area contributed by atoms with Crippen molar-refractivity contribution in [2.75, 3.05) is 13.2 Å². The Balaban J connectivity index is 1.88. The minimum atomic E-state index is -0.645. The third-order valence-corrected chi connectivity index (χ3v) is 4.13. The lowest BCUT2D eigenvalue weighted by atomic mass is 9.82. The molecule has 1 aliphatic rings. The molecule has 3 rings (SSSR count). The third-order valence-electron chi connectivity index (χ3n) is 4.13. The summed E-state index contributed by atoms with van der Waals surface area (Å²) in [5.74, 6) is -0.629. The van der Waals surface area contributed by atoms with Gasteiger partial charge >= 0.3 is 0 Å². The summed E-state index contributed by atoms with van der Waals surface area (Å²) in [6.45, 7) is 3.52. The van der Waals surface area contributed by atoms with E-state index in [9.17, 15) is 9.18 Å². The average Bonchev–Trinajstić information content (AvgIpc) is 3.05. The first-order valence-corrected chi connectivity index (χ1v) is 7.69. The zero-order valence-corrected chi connectivity index (χ0v) is 13.0. The second-order valence-corrected chi connectivity index (χ2v) is 5.58. The van der Waals surface area contributed by atoms with E-state index in [0.29, 0.717) is 32.6 Å². The van der Waals surface area contributed by atoms with E-state index in [2.05, 4.69) is 15.5 Å². The molecule has 1 N–H and O–H groups in total. The van der Waals surface area contributed by atoms with Gasteiger partial charge < -0.3 is 10.1 Å². The molecule has 1 aliphatic heterocycles. The van der Waals surface area contributed by atoms with Crippen LogP contribution >= 0.6 is 0 Å². The summed E-state index contributed by atoms with van der Waals surface area (Å²) in [5, 5.41) is 11.2. The largest absolute Gasteiger partial charge is 0.381 e. The summed E-state index contributed by atoms with van der Waals surface area (Å²) in [6.07, 6.45) is 2.62. The summed E-state index contributed by atoms with van der Waals surface area (Å²) in [4.78, 5) is 14.0. The molecule has 1 saturated heterocycles. The Morgan fingerprint density at radius 1 is 1.43 bits per heavy atom. The van der Waals surface area contributed by atoms with E-state index in [1.54, 1.807) is 6.07 Å². The van der Waals surface area contributed by atoms with Gasteiger partial charge in [-0.25, -0.2) is 4.39 Å². The maximum absolute atomic E-state index is 13.6. The molecule has 0 atom stereocenters. The maximum Gasteiger partial charge on any atom is 0.274 e. The fraction of sp³-hybridized carbons (Fsp3) is 0.438. The van der Waals surface area contributed by atoms with Crippen LogP contribution in [0, 0.1) is 5.82 Å². The molecular weight excluding hydrogens is 299 g/mol. The minimum Gasteiger partial charge on any atom is -0.381 e. The van der Waals surface area contributed by atoms with E-state index in [0.717, 1.165) is 5.56 Å². The van der Waals surface area contributed by atoms with Crippen molar-refractivity contribution in [3.63, 3.8) is 0 Å². The molecule has 122 valence electrons. The molecule has 2 aromatic rings. The van der Waals surface area contributed by atoms with E-state index < -0.39 is 5.54 Å². The van der Waals surface area contributed by atoms with Crippen LogP contribution in [-0.4, -0.2) is 34.1 Å². The average molecular weight is 318 g/mol. The lowest BCUT2D eigenvalue weighted by molar-refractivity contribution is 0.0342. The molecule has 6 nitrogen and oxygen atoms in total. The van der Waals surface area contributed by atoms with Gasteiger partial charge in [0.15, 0.2) is 5.69 Å². The summed E-state index contributed by atoms with van der Waals surface area (Å²) in [6, 6.07) is 6.35. The number of aryl methyl sites for hydroxylation is 1. The molecule has 23 heavy (non-hydrogen) atoms. The number of hydrogen-bond acceptors (Lipinski definition) is 4. The lowest BCUT2D eigenvalue weighted by Gasteiger charge is -2.38. The van der Waals surface area contributed by atoms with Gasteiger partial charge in [0.2, 0.25) is 0 Å². The highest BCUT2D eigenvalue weighted by atomic mass is 19.1. The van der Waals surface area contributed by atoms with Gasteiger partial charge in [-0.15, -0.1) is 5.10 Å². The van der Waals surface area contributed by atoms with Crippen LogP contribution < -0.4 is 5.32 Å². The van der Waals surface area contributed by atoms with Crippen LogP contribution in [0.5, 0.6) is 0 Å². The molecule has 1 aromatic heterocycles. The Labute approximate surface area is 133 Å². The van der Waals surface area contributed by atoms with Crippen molar-refractivity contribution < 1.29 is 13.9 Å². The number of nitrogens with one attached hydrogen (secondary N) is 1. The van der Waals surface area contributed by atoms with Crippen molar-refractivity contribution in [1.82, 2.24) is 20.3 Å². The zero-order valence-electron chi connectivity index (χ0n) is 13.0. The van der Waals surface area contributed by atoms with Gasteiger partial charge in [-0.2, -0.15) is 9.90 Å². The van der Waals surface area contributed by atoms with E-state index >= 15 is 0 Å². The summed E-state index contributed by atoms with van der Waals surface area (Å²) in [7, 11) is 0. The highest BCUT2D eigenvalue weighted by Crippen LogP contribution is 2.32. The Bertz CT molecular complexity index is 695. The van der Waals surface area contributed by atoms with Gasteiger partial charge in [-0.1, -0.05) is 12.1 Å². The molecule has 0 saturated carbocycles. The second-order valence-electron chi connectivity index (χ2n) is 5.58. The van der Waals surface area contributed by atoms with Crippen molar-refractivity contribution >= 4 is 5.91 Å². The van der Waals surface area contributed by atoms with Gasteiger partial charge in [-0.05, 0) is 37.5 Å². The number of amides is 1. The van der Waals surface area contributed by atoms with Crippen LogP contribution in [0.25, 0.3) is 0 Å². The molecule has 0 spiro atoms. The minimum absolute atomic E-state index is 0.258. The first-order chi connectivity index (χ1) is 11.1. The summed E-state index contributed by atoms with van der Waals surface area (Å²) >= 11 is 0. The topological polar surface area (TPSA) is 69.0 Å². The molecule has 1 fully saturated rings. The summed E-state index contributed by atoms with van der Waals surface area (Å²) in [5.41, 5.74) is 0.360. The number of ether oxygens (including phenoxy) is 1. The third kappa shape index (κ3) is 3.24. The number of nitrogens with zero attached hydrogens (tertiary/aromatic N) is 3. The van der Waals surface area contributed by atoms with Crippen LogP contribution in [0.3, 0.4) is 0 Å². The van der Waals surface area contributed by atoms with E-state index in [1.165, 1.54) is 23.1 Å². The molecule has 0 bridgehead atoms. The molecule has 0 radical (unpaired) electrons. The smallest absolute Gasteiger partial charge is 0.274 e. The highest BCUT2D eigenvalue weighted by Gasteiger charge is 2.37. The van der Waals surface area contributed by atoms with Gasteiger partial charge in [0.25, 0.3) is 5.91 Å². The van der Waals surface area contributed by atoms with Crippen molar-refractivity contribution in [2.24, 2.45) is 0 Å². The Morgan fingerprint density at radius 3 is 2.87 bits per heavy atom. The monoisotopic (exact) mass is 318 g/mol. The van der Waals surface area contributed by atoms with Crippen LogP contribution in [0.15, 0.2) is 30.5 Å². The van der Waals surface area contributed by atoms with Crippen molar-refractivity contribution in [1.29, 1.82) is 0 Å². The standard InChI is InChI=1S/C16H19FN4O2/c1-2-21-18-11-14(20-21)15(22)19-16(6-8-23-9-7-16)12-4-3-5-13(17)10-12/h3-5,10-11H,2,6-9H2,1H3,(H,19,22). The Hall–Kier alpha value is -2.28. The first-order valence-electron chi connectivity index (χ1n) is 7.69. The molecule has 1 amide bonds. The number of rotatable bonds is 4. The molecule has 0 aliphatic carbocycles. The van der Waals surface area contributed by atoms with E-state index in [-0.39, 0.29) is 17.4 Å². The predicted molar refractivity (Wildman–Crippen MR) is 81.3 cm³/mol. The van der Waals surface area contributed by atoms with Gasteiger partial charge in [-0.3, -0.25) is 4.79 Å². The van der Waals surface area contributed by atoms with Crippen molar-refractivity contribution in [3.05, 3.63) is 47.5 Å². The van der Waals surface area contributed by atoms with Gasteiger partial charge in [0, 0.05) is 13.2 Å². The molecule has 1 aromatic carbocycles. The molecular formula is C16H19FN4O2. The van der Waals surface area contributed by atoms with E-state index in [4.69, 9.17) is 4.74 Å². The van der Waals surface area contributed by atoms with Crippen molar-refractivity contribution in [2.45, 2.75) is 31.8 Å². The van der Waals surface area contributed by atoms with E-state index in [1.807, 2.05) is 13.0 Å². The number of carbonyl (C=O) groups is 1. The quantitative estimate of drug-likeness (QED) is 0.934. The van der Waals surface area contributed by atoms with Crippen molar-refractivity contribution in [3.8, 4) is 0 Å². The highest BCUT2D eigenvalue weighted by molar-refractivity contribution is 5.92. The number of carbonyl (C=O) groups excluding carboxylic acids is 1. The molecule has 7 heteroatoms. The fourth-order valence-electron chi connectivity index (χ4n) is 2.83. The maximum atomic E-state index is 13.6. The summed E-state index contributed by atoms with van der Waals surface area (Å²) < 4.78 is 19.0. The first kappa shape index (κ1) is 15.6. The molecule has 0 unspecified atom stereocenters. The number of hydrogen-bond donors (Lipinski definition) is 1. The van der Waals surface area contributed by atoms with Crippen LogP contribution in [0.4, 0.5) is 4.39 Å². The Morgan fingerprint density at radius 2 is 2.22 bits per heavy atom. The Kier molecular flexibility index (Phi) is 4.38.